The van der Waals surface area contributed by atoms with Gasteiger partial charge in [-0.25, -0.2) is 9.37 Å². The summed E-state index contributed by atoms with van der Waals surface area (Å²) in [6.45, 7) is 9.96. The zero-order chi connectivity index (χ0) is 22.8. The molecule has 4 rings (SSSR count). The Bertz CT molecular complexity index is 1160. The van der Waals surface area contributed by atoms with Gasteiger partial charge in [0, 0.05) is 45.2 Å². The highest BCUT2D eigenvalue weighted by Crippen LogP contribution is 2.32. The van der Waals surface area contributed by atoms with Crippen molar-refractivity contribution in [2.45, 2.75) is 27.3 Å². The second-order valence-corrected chi connectivity index (χ2v) is 7.96. The van der Waals surface area contributed by atoms with E-state index in [1.165, 1.54) is 13.0 Å². The summed E-state index contributed by atoms with van der Waals surface area (Å²) >= 11 is 0. The first-order chi connectivity index (χ1) is 15.4. The van der Waals surface area contributed by atoms with Crippen molar-refractivity contribution in [3.8, 4) is 11.4 Å². The molecule has 3 aromatic rings. The van der Waals surface area contributed by atoms with E-state index in [-0.39, 0.29) is 17.6 Å². The molecular weight excluding hydrogens is 409 g/mol. The van der Waals surface area contributed by atoms with Crippen LogP contribution in [-0.4, -0.2) is 63.9 Å². The Morgan fingerprint density at radius 2 is 1.78 bits per heavy atom. The third kappa shape index (κ3) is 4.10. The molecule has 1 aliphatic heterocycles. The topological polar surface area (TPSA) is 70.5 Å². The zero-order valence-corrected chi connectivity index (χ0v) is 18.7. The fraction of sp³-hybridized carbons (Fsp3) is 0.375. The molecule has 0 bridgehead atoms. The highest BCUT2D eigenvalue weighted by Gasteiger charge is 2.25. The number of nitrogens with one attached hydrogen (secondary N) is 1. The number of fused-ring (bicyclic) bond motifs is 1. The van der Waals surface area contributed by atoms with E-state index in [0.717, 1.165) is 19.6 Å². The van der Waals surface area contributed by atoms with E-state index in [9.17, 15) is 14.0 Å². The van der Waals surface area contributed by atoms with Crippen molar-refractivity contribution in [2.24, 2.45) is 0 Å². The zero-order valence-electron chi connectivity index (χ0n) is 18.7. The Labute approximate surface area is 186 Å². The lowest BCUT2D eigenvalue weighted by atomic mass is 10.1. The second-order valence-electron chi connectivity index (χ2n) is 7.96. The van der Waals surface area contributed by atoms with Crippen LogP contribution in [0.15, 0.2) is 36.4 Å². The molecule has 2 amide bonds. The largest absolute Gasteiger partial charge is 0.336 e. The standard InChI is InChI=1S/C24H28FN5O2/c1-4-28-10-12-29(13-11-28)24(32)17-14-20(26-16(3)31)22-21(15-17)27-23(30(22)5-2)18-8-6-7-9-19(18)25/h6-9,14-15H,4-5,10-13H2,1-3H3,(H,26,31). The number of imidazole rings is 1. The third-order valence-corrected chi connectivity index (χ3v) is 5.94. The predicted molar refractivity (Wildman–Crippen MR) is 123 cm³/mol. The van der Waals surface area contributed by atoms with E-state index in [4.69, 9.17) is 0 Å². The fourth-order valence-corrected chi connectivity index (χ4v) is 4.28. The maximum atomic E-state index is 14.6. The lowest BCUT2D eigenvalue weighted by Gasteiger charge is -2.34. The number of aromatic nitrogens is 2. The van der Waals surface area contributed by atoms with Crippen molar-refractivity contribution in [1.82, 2.24) is 19.4 Å². The van der Waals surface area contributed by atoms with Crippen LogP contribution in [0.1, 0.15) is 31.1 Å². The maximum absolute atomic E-state index is 14.6. The molecule has 168 valence electrons. The number of halogens is 1. The predicted octanol–water partition coefficient (Wildman–Crippen LogP) is 3.60. The van der Waals surface area contributed by atoms with E-state index < -0.39 is 0 Å². The minimum atomic E-state index is -0.372. The molecule has 1 aliphatic rings. The lowest BCUT2D eigenvalue weighted by molar-refractivity contribution is -0.114. The van der Waals surface area contributed by atoms with Crippen LogP contribution < -0.4 is 5.32 Å². The van der Waals surface area contributed by atoms with E-state index in [1.807, 2.05) is 16.4 Å². The molecule has 0 saturated carbocycles. The van der Waals surface area contributed by atoms with Gasteiger partial charge in [-0.2, -0.15) is 0 Å². The van der Waals surface area contributed by atoms with E-state index >= 15 is 0 Å². The number of hydrogen-bond donors (Lipinski definition) is 1. The quantitative estimate of drug-likeness (QED) is 0.662. The summed E-state index contributed by atoms with van der Waals surface area (Å²) in [5.41, 5.74) is 2.57. The van der Waals surface area contributed by atoms with Gasteiger partial charge in [0.05, 0.1) is 22.3 Å². The normalized spacial score (nSPS) is 14.7. The summed E-state index contributed by atoms with van der Waals surface area (Å²) in [5, 5.41) is 2.84. The number of piperazine rings is 1. The highest BCUT2D eigenvalue weighted by atomic mass is 19.1. The first-order valence-corrected chi connectivity index (χ1v) is 11.0. The summed E-state index contributed by atoms with van der Waals surface area (Å²) in [7, 11) is 0. The number of benzene rings is 2. The van der Waals surface area contributed by atoms with E-state index in [0.29, 0.717) is 53.3 Å². The fourth-order valence-electron chi connectivity index (χ4n) is 4.28. The molecule has 8 heteroatoms. The maximum Gasteiger partial charge on any atom is 0.254 e. The van der Waals surface area contributed by atoms with Crippen LogP contribution in [0.5, 0.6) is 0 Å². The molecule has 2 heterocycles. The Hall–Kier alpha value is -3.26. The van der Waals surface area contributed by atoms with E-state index in [2.05, 4.69) is 22.1 Å². The van der Waals surface area contributed by atoms with Crippen molar-refractivity contribution < 1.29 is 14.0 Å². The number of carbonyl (C=O) groups excluding carboxylic acids is 2. The van der Waals surface area contributed by atoms with Gasteiger partial charge in [-0.1, -0.05) is 19.1 Å². The first kappa shape index (κ1) is 22.0. The van der Waals surface area contributed by atoms with Crippen molar-refractivity contribution in [2.75, 3.05) is 38.0 Å². The monoisotopic (exact) mass is 437 g/mol. The van der Waals surface area contributed by atoms with Crippen LogP contribution in [0, 0.1) is 5.82 Å². The number of anilines is 1. The van der Waals surface area contributed by atoms with Gasteiger partial charge in [0.25, 0.3) is 5.91 Å². The number of nitrogens with zero attached hydrogens (tertiary/aromatic N) is 4. The molecule has 0 aliphatic carbocycles. The lowest BCUT2D eigenvalue weighted by Crippen LogP contribution is -2.48. The minimum absolute atomic E-state index is 0.0901. The molecule has 1 fully saturated rings. The van der Waals surface area contributed by atoms with Crippen LogP contribution in [-0.2, 0) is 11.3 Å². The summed E-state index contributed by atoms with van der Waals surface area (Å²) in [6, 6.07) is 9.92. The molecule has 1 N–H and O–H groups in total. The average Bonchev–Trinajstić information content (AvgIpc) is 3.17. The van der Waals surface area contributed by atoms with Crippen LogP contribution in [0.2, 0.25) is 0 Å². The second kappa shape index (κ2) is 9.08. The van der Waals surface area contributed by atoms with Gasteiger partial charge in [0.15, 0.2) is 0 Å². The molecule has 0 radical (unpaired) electrons. The number of hydrogen-bond acceptors (Lipinski definition) is 4. The molecule has 0 atom stereocenters. The van der Waals surface area contributed by atoms with Gasteiger partial charge in [0.2, 0.25) is 5.91 Å². The number of likely N-dealkylation sites (N-methyl/N-ethyl adjacent to an activating group) is 1. The summed E-state index contributed by atoms with van der Waals surface area (Å²) in [4.78, 5) is 34.0. The van der Waals surface area contributed by atoms with Gasteiger partial charge in [-0.15, -0.1) is 0 Å². The number of rotatable bonds is 5. The number of amides is 2. The Morgan fingerprint density at radius 3 is 2.41 bits per heavy atom. The van der Waals surface area contributed by atoms with Crippen molar-refractivity contribution in [1.29, 1.82) is 0 Å². The Balaban J connectivity index is 1.82. The van der Waals surface area contributed by atoms with Crippen molar-refractivity contribution in [3.05, 3.63) is 47.8 Å². The van der Waals surface area contributed by atoms with Crippen LogP contribution in [0.4, 0.5) is 10.1 Å². The first-order valence-electron chi connectivity index (χ1n) is 11.0. The molecule has 1 saturated heterocycles. The minimum Gasteiger partial charge on any atom is -0.336 e. The van der Waals surface area contributed by atoms with Gasteiger partial charge < -0.3 is 19.7 Å². The molecule has 32 heavy (non-hydrogen) atoms. The molecule has 0 spiro atoms. The highest BCUT2D eigenvalue weighted by molar-refractivity contribution is 6.05. The van der Waals surface area contributed by atoms with E-state index in [1.54, 1.807) is 30.3 Å². The molecule has 2 aromatic carbocycles. The summed E-state index contributed by atoms with van der Waals surface area (Å²) < 4.78 is 16.4. The van der Waals surface area contributed by atoms with Gasteiger partial charge in [-0.05, 0) is 37.7 Å². The Kier molecular flexibility index (Phi) is 6.23. The Morgan fingerprint density at radius 1 is 1.06 bits per heavy atom. The van der Waals surface area contributed by atoms with Crippen LogP contribution in [0.25, 0.3) is 22.4 Å². The average molecular weight is 438 g/mol. The molecule has 7 nitrogen and oxygen atoms in total. The summed E-state index contributed by atoms with van der Waals surface area (Å²) in [5.74, 6) is -0.242. The third-order valence-electron chi connectivity index (χ3n) is 5.94. The number of carbonyl (C=O) groups is 2. The van der Waals surface area contributed by atoms with Gasteiger partial charge in [0.1, 0.15) is 11.6 Å². The van der Waals surface area contributed by atoms with Crippen LogP contribution >= 0.6 is 0 Å². The summed E-state index contributed by atoms with van der Waals surface area (Å²) in [6.07, 6.45) is 0. The number of aryl methyl sites for hydroxylation is 1. The smallest absolute Gasteiger partial charge is 0.254 e. The molecule has 0 unspecified atom stereocenters. The van der Waals surface area contributed by atoms with Gasteiger partial charge >= 0.3 is 0 Å². The van der Waals surface area contributed by atoms with Crippen LogP contribution in [0.3, 0.4) is 0 Å². The van der Waals surface area contributed by atoms with Crippen molar-refractivity contribution in [3.63, 3.8) is 0 Å². The molecule has 1 aromatic heterocycles. The molecular formula is C24H28FN5O2. The van der Waals surface area contributed by atoms with Crippen molar-refractivity contribution >= 4 is 28.5 Å². The van der Waals surface area contributed by atoms with Gasteiger partial charge in [-0.3, -0.25) is 9.59 Å². The SMILES string of the molecule is CCN1CCN(C(=O)c2cc(NC(C)=O)c3c(c2)nc(-c2ccccc2F)n3CC)CC1.